The molecular weight excluding hydrogens is 644 g/mol. The third-order valence-electron chi connectivity index (χ3n) is 9.76. The second-order valence-electron chi connectivity index (χ2n) is 13.6. The summed E-state index contributed by atoms with van der Waals surface area (Å²) in [5.74, 6) is -2.42. The Kier molecular flexibility index (Phi) is 12.3. The molecule has 1 saturated carbocycles. The molecule has 0 unspecified atom stereocenters. The number of rotatable bonds is 15. The highest BCUT2D eigenvalue weighted by Crippen LogP contribution is 2.63. The Balaban J connectivity index is 1.64. The number of carbonyl (C=O) groups excluding carboxylic acids is 2. The first-order chi connectivity index (χ1) is 23.0. The zero-order valence-corrected chi connectivity index (χ0v) is 28.6. The van der Waals surface area contributed by atoms with E-state index in [4.69, 9.17) is 33.5 Å². The number of aliphatic hydroxyl groups is 6. The molecule has 2 saturated heterocycles. The number of hydrogen-bond acceptors (Lipinski definition) is 14. The Labute approximate surface area is 285 Å². The van der Waals surface area contributed by atoms with Gasteiger partial charge in [0, 0.05) is 11.1 Å². The third kappa shape index (κ3) is 8.19. The van der Waals surface area contributed by atoms with Crippen molar-refractivity contribution in [2.24, 2.45) is 5.92 Å². The molecule has 12 atom stereocenters. The van der Waals surface area contributed by atoms with E-state index in [1.807, 2.05) is 6.92 Å². The van der Waals surface area contributed by atoms with Crippen LogP contribution in [0.3, 0.4) is 0 Å². The van der Waals surface area contributed by atoms with Crippen molar-refractivity contribution in [3.63, 3.8) is 0 Å². The number of ether oxygens (including phenoxy) is 6. The lowest BCUT2D eigenvalue weighted by molar-refractivity contribution is -0.350. The van der Waals surface area contributed by atoms with Crippen molar-refractivity contribution in [1.29, 1.82) is 0 Å². The fraction of sp³-hybridized carbons (Fsp3) is 0.657. The minimum Gasteiger partial charge on any atom is -0.472 e. The minimum atomic E-state index is -1.75. The van der Waals surface area contributed by atoms with Crippen molar-refractivity contribution in [2.75, 3.05) is 13.2 Å². The zero-order valence-electron chi connectivity index (χ0n) is 28.6. The molecular formula is C35H50O14. The van der Waals surface area contributed by atoms with Gasteiger partial charge in [-0.25, -0.2) is 9.59 Å². The van der Waals surface area contributed by atoms with Gasteiger partial charge in [-0.2, -0.15) is 0 Å². The summed E-state index contributed by atoms with van der Waals surface area (Å²) in [4.78, 5) is 27.1. The average Bonchev–Trinajstić information content (AvgIpc) is 3.68. The smallest absolute Gasteiger partial charge is 0.334 e. The fourth-order valence-corrected chi connectivity index (χ4v) is 6.50. The number of epoxide rings is 1. The van der Waals surface area contributed by atoms with Crippen LogP contribution < -0.4 is 0 Å². The Morgan fingerprint density at radius 1 is 0.980 bits per heavy atom. The first kappa shape index (κ1) is 38.9. The highest BCUT2D eigenvalue weighted by molar-refractivity contribution is 5.89. The van der Waals surface area contributed by atoms with Crippen LogP contribution in [-0.2, 0) is 38.0 Å². The van der Waals surface area contributed by atoms with Crippen LogP contribution in [0.15, 0.2) is 59.9 Å². The van der Waals surface area contributed by atoms with Gasteiger partial charge >= 0.3 is 11.9 Å². The van der Waals surface area contributed by atoms with Gasteiger partial charge in [0.2, 0.25) is 6.29 Å². The van der Waals surface area contributed by atoms with Gasteiger partial charge in [-0.05, 0) is 66.4 Å². The summed E-state index contributed by atoms with van der Waals surface area (Å²) in [6.45, 7) is 11.2. The summed E-state index contributed by atoms with van der Waals surface area (Å²) >= 11 is 0. The molecule has 4 aliphatic rings. The monoisotopic (exact) mass is 694 g/mol. The molecule has 14 heteroatoms. The molecule has 0 aromatic carbocycles. The summed E-state index contributed by atoms with van der Waals surface area (Å²) in [6.07, 6.45) is -0.367. The Bertz CT molecular complexity index is 1350. The summed E-state index contributed by atoms with van der Waals surface area (Å²) in [5, 5.41) is 60.3. The highest BCUT2D eigenvalue weighted by Gasteiger charge is 2.83. The summed E-state index contributed by atoms with van der Waals surface area (Å²) < 4.78 is 35.7. The first-order valence-corrected chi connectivity index (χ1v) is 16.4. The van der Waals surface area contributed by atoms with Crippen LogP contribution in [0, 0.1) is 5.92 Å². The summed E-state index contributed by atoms with van der Waals surface area (Å²) in [6, 6.07) is 0. The molecule has 3 heterocycles. The number of hydrogen-bond donors (Lipinski definition) is 6. The second kappa shape index (κ2) is 15.5. The predicted molar refractivity (Wildman–Crippen MR) is 172 cm³/mol. The van der Waals surface area contributed by atoms with E-state index in [2.05, 4.69) is 6.58 Å². The molecule has 0 radical (unpaired) electrons. The van der Waals surface area contributed by atoms with Gasteiger partial charge in [-0.15, -0.1) is 6.58 Å². The SMILES string of the molecule is C=C[C@@](C)(O)CC/C=C(\C)C(=O)O[C@@]12C=CO[C@@H](O[C@@H]3O[C@H](CO)[C@@H](O)[C@H](O)[C@H]3O)[C@@H]1[C@@]1(C)O[C@H]1[C@H]2OC(=O)/C(C)=C/CC/C(C)=C/CO. The lowest BCUT2D eigenvalue weighted by atomic mass is 9.81. The van der Waals surface area contributed by atoms with Gasteiger partial charge in [0.05, 0.1) is 25.1 Å². The summed E-state index contributed by atoms with van der Waals surface area (Å²) in [5.41, 5.74) is -2.48. The van der Waals surface area contributed by atoms with Crippen molar-refractivity contribution >= 4 is 11.9 Å². The van der Waals surface area contributed by atoms with Crippen molar-refractivity contribution in [1.82, 2.24) is 0 Å². The van der Waals surface area contributed by atoms with Crippen LogP contribution in [0.5, 0.6) is 0 Å². The lowest BCUT2D eigenvalue weighted by Gasteiger charge is -2.46. The molecule has 0 spiro atoms. The topological polar surface area (TPSA) is 214 Å². The van der Waals surface area contributed by atoms with Gasteiger partial charge < -0.3 is 59.1 Å². The van der Waals surface area contributed by atoms with Gasteiger partial charge in [-0.3, -0.25) is 0 Å². The van der Waals surface area contributed by atoms with Crippen molar-refractivity contribution in [3.05, 3.63) is 59.9 Å². The van der Waals surface area contributed by atoms with Crippen LogP contribution in [0.4, 0.5) is 0 Å². The number of fused-ring (bicyclic) bond motifs is 3. The Morgan fingerprint density at radius 2 is 1.65 bits per heavy atom. The molecule has 4 rings (SSSR count). The van der Waals surface area contributed by atoms with Gasteiger partial charge in [-0.1, -0.05) is 29.9 Å². The van der Waals surface area contributed by atoms with Crippen molar-refractivity contribution < 1.29 is 68.6 Å². The molecule has 0 aromatic heterocycles. The van der Waals surface area contributed by atoms with E-state index in [1.165, 1.54) is 18.4 Å². The van der Waals surface area contributed by atoms with E-state index in [9.17, 15) is 35.1 Å². The normalized spacial score (nSPS) is 38.5. The molecule has 14 nitrogen and oxygen atoms in total. The van der Waals surface area contributed by atoms with E-state index < -0.39 is 90.5 Å². The largest absolute Gasteiger partial charge is 0.472 e. The van der Waals surface area contributed by atoms with Gasteiger partial charge in [0.25, 0.3) is 0 Å². The van der Waals surface area contributed by atoms with Crippen molar-refractivity contribution in [3.8, 4) is 0 Å². The van der Waals surface area contributed by atoms with Crippen LogP contribution >= 0.6 is 0 Å². The predicted octanol–water partition coefficient (Wildman–Crippen LogP) is 0.983. The summed E-state index contributed by atoms with van der Waals surface area (Å²) in [7, 11) is 0. The number of aliphatic hydroxyl groups excluding tert-OH is 5. The average molecular weight is 695 g/mol. The third-order valence-corrected chi connectivity index (χ3v) is 9.76. The van der Waals surface area contributed by atoms with E-state index in [-0.39, 0.29) is 12.2 Å². The molecule has 0 aromatic rings. The molecule has 3 fully saturated rings. The Morgan fingerprint density at radius 3 is 2.31 bits per heavy atom. The van der Waals surface area contributed by atoms with Crippen LogP contribution in [-0.4, -0.2) is 122 Å². The van der Waals surface area contributed by atoms with E-state index in [0.29, 0.717) is 31.3 Å². The van der Waals surface area contributed by atoms with E-state index in [0.717, 1.165) is 5.57 Å². The van der Waals surface area contributed by atoms with Crippen LogP contribution in [0.25, 0.3) is 0 Å². The molecule has 0 amide bonds. The van der Waals surface area contributed by atoms with E-state index >= 15 is 0 Å². The van der Waals surface area contributed by atoms with Gasteiger partial charge in [0.1, 0.15) is 42.0 Å². The number of esters is 2. The Hall–Kier alpha value is -2.92. The van der Waals surface area contributed by atoms with Crippen molar-refractivity contribution in [2.45, 2.75) is 126 Å². The number of allylic oxidation sites excluding steroid dienone is 3. The van der Waals surface area contributed by atoms with Crippen LogP contribution in [0.1, 0.15) is 60.3 Å². The molecule has 0 bridgehead atoms. The highest BCUT2D eigenvalue weighted by atomic mass is 16.8. The molecule has 3 aliphatic heterocycles. The maximum absolute atomic E-state index is 13.7. The molecule has 49 heavy (non-hydrogen) atoms. The quantitative estimate of drug-likeness (QED) is 0.0611. The molecule has 274 valence electrons. The van der Waals surface area contributed by atoms with Gasteiger partial charge in [0.15, 0.2) is 18.0 Å². The van der Waals surface area contributed by atoms with Crippen LogP contribution in [0.2, 0.25) is 0 Å². The molecule has 1 aliphatic carbocycles. The first-order valence-electron chi connectivity index (χ1n) is 16.4. The standard InChI is InChI=1S/C35H50O14/c1-7-33(5,43)14-9-12-21(4)30(42)49-35-15-17-44-32(47-31-25(40)24(39)23(38)22(18-37)45-31)26(35)34(6)27(48-34)28(35)46-29(41)20(3)11-8-10-19(2)13-16-36/h7,11-13,15,17,22-28,31-32,36-40,43H,1,8-10,14,16,18H2,2-6H3/b19-13+,20-11+,21-12+/t22-,23-,24+,25-,26-,27+,28-,31+,32+,33-,34-,35+/m1/s1. The number of carbonyl (C=O) groups is 2. The minimum absolute atomic E-state index is 0.0804. The van der Waals surface area contributed by atoms with E-state index in [1.54, 1.807) is 45.9 Å². The molecule has 6 N–H and O–H groups in total. The fourth-order valence-electron chi connectivity index (χ4n) is 6.50. The maximum atomic E-state index is 13.7. The lowest BCUT2D eigenvalue weighted by Crippen LogP contribution is -2.62. The second-order valence-corrected chi connectivity index (χ2v) is 13.6. The zero-order chi connectivity index (χ0) is 36.3. The maximum Gasteiger partial charge on any atom is 0.334 e.